The van der Waals surface area contributed by atoms with Crippen molar-refractivity contribution in [2.24, 2.45) is 0 Å². The van der Waals surface area contributed by atoms with Crippen LogP contribution in [0.3, 0.4) is 0 Å². The third kappa shape index (κ3) is 2.14. The van der Waals surface area contributed by atoms with E-state index in [2.05, 4.69) is 15.2 Å². The third-order valence-corrected chi connectivity index (χ3v) is 3.43. The van der Waals surface area contributed by atoms with Crippen molar-refractivity contribution in [2.75, 3.05) is 6.61 Å². The summed E-state index contributed by atoms with van der Waals surface area (Å²) in [5.74, 6) is -1.06. The van der Waals surface area contributed by atoms with Crippen LogP contribution in [0.25, 0.3) is 16.3 Å². The van der Waals surface area contributed by atoms with Gasteiger partial charge in [-0.3, -0.25) is 4.40 Å². The Bertz CT molecular complexity index is 765. The number of halogens is 1. The minimum absolute atomic E-state index is 0.307. The summed E-state index contributed by atoms with van der Waals surface area (Å²) in [4.78, 5) is 16.7. The molecule has 3 rings (SSSR count). The summed E-state index contributed by atoms with van der Waals surface area (Å²) < 4.78 is 19.3. The molecule has 0 radical (unpaired) electrons. The first-order valence-corrected chi connectivity index (χ1v) is 6.70. The summed E-state index contributed by atoms with van der Waals surface area (Å²) in [7, 11) is 0. The van der Waals surface area contributed by atoms with E-state index in [4.69, 9.17) is 4.74 Å². The summed E-state index contributed by atoms with van der Waals surface area (Å²) in [5.41, 5.74) is 1.37. The molecule has 0 unspecified atom stereocenters. The van der Waals surface area contributed by atoms with E-state index in [1.165, 1.54) is 23.5 Å². The van der Waals surface area contributed by atoms with E-state index >= 15 is 0 Å². The summed E-state index contributed by atoms with van der Waals surface area (Å²) >= 11 is 1.32. The number of fused-ring (bicyclic) bond motifs is 1. The van der Waals surface area contributed by atoms with E-state index in [1.807, 2.05) is 0 Å². The molecular weight excluding hydrogens is 283 g/mol. The van der Waals surface area contributed by atoms with Crippen LogP contribution in [0.5, 0.6) is 0 Å². The number of hydrogen-bond acceptors (Lipinski definition) is 6. The van der Waals surface area contributed by atoms with Crippen LogP contribution >= 0.6 is 11.3 Å². The van der Waals surface area contributed by atoms with Crippen LogP contribution in [-0.4, -0.2) is 32.2 Å². The quantitative estimate of drug-likeness (QED) is 0.692. The van der Waals surface area contributed by atoms with Crippen LogP contribution in [0.4, 0.5) is 4.39 Å². The van der Waals surface area contributed by atoms with Gasteiger partial charge in [-0.05, 0) is 19.1 Å². The Morgan fingerprint density at radius 2 is 2.25 bits per heavy atom. The summed E-state index contributed by atoms with van der Waals surface area (Å²) in [6.07, 6.45) is 1.65. The highest BCUT2D eigenvalue weighted by Gasteiger charge is 2.16. The number of nitrogens with zero attached hydrogens (tertiary/aromatic N) is 4. The minimum Gasteiger partial charge on any atom is -0.461 e. The van der Waals surface area contributed by atoms with Crippen LogP contribution in [0, 0.1) is 5.95 Å². The number of rotatable bonds is 3. The van der Waals surface area contributed by atoms with Crippen molar-refractivity contribution in [1.29, 1.82) is 0 Å². The second kappa shape index (κ2) is 4.97. The maximum atomic E-state index is 12.7. The van der Waals surface area contributed by atoms with Crippen molar-refractivity contribution in [2.45, 2.75) is 6.92 Å². The highest BCUT2D eigenvalue weighted by atomic mass is 32.1. The van der Waals surface area contributed by atoms with Gasteiger partial charge in [-0.1, -0.05) is 0 Å². The molecule has 0 aliphatic rings. The van der Waals surface area contributed by atoms with Crippen molar-refractivity contribution < 1.29 is 13.9 Å². The summed E-state index contributed by atoms with van der Waals surface area (Å²) in [5, 5.41) is 8.75. The van der Waals surface area contributed by atoms with Crippen molar-refractivity contribution in [1.82, 2.24) is 19.6 Å². The van der Waals surface area contributed by atoms with E-state index < -0.39 is 11.9 Å². The SMILES string of the molecule is CCOC(=O)c1csc2nc(-c3ccc(F)nn3)cn12. The first-order valence-electron chi connectivity index (χ1n) is 5.82. The third-order valence-electron chi connectivity index (χ3n) is 2.59. The average Bonchev–Trinajstić information content (AvgIpc) is 2.99. The molecule has 102 valence electrons. The molecule has 6 nitrogen and oxygen atoms in total. The van der Waals surface area contributed by atoms with Gasteiger partial charge in [0.2, 0.25) is 5.95 Å². The minimum atomic E-state index is -0.651. The van der Waals surface area contributed by atoms with Gasteiger partial charge >= 0.3 is 5.97 Å². The average molecular weight is 292 g/mol. The molecule has 0 bridgehead atoms. The summed E-state index contributed by atoms with van der Waals surface area (Å²) in [6, 6.07) is 2.70. The Morgan fingerprint density at radius 1 is 1.40 bits per heavy atom. The predicted octanol–water partition coefficient (Wildman–Crippen LogP) is 2.17. The Hall–Kier alpha value is -2.35. The lowest BCUT2D eigenvalue weighted by molar-refractivity contribution is 0.0518. The van der Waals surface area contributed by atoms with Gasteiger partial charge in [-0.25, -0.2) is 9.78 Å². The predicted molar refractivity (Wildman–Crippen MR) is 70.0 cm³/mol. The van der Waals surface area contributed by atoms with Crippen LogP contribution in [0.1, 0.15) is 17.4 Å². The Balaban J connectivity index is 2.03. The number of aromatic nitrogens is 4. The lowest BCUT2D eigenvalue weighted by atomic mass is 10.3. The fourth-order valence-corrected chi connectivity index (χ4v) is 2.55. The first-order chi connectivity index (χ1) is 9.69. The molecule has 0 aliphatic heterocycles. The van der Waals surface area contributed by atoms with Crippen molar-refractivity contribution in [3.05, 3.63) is 35.4 Å². The molecule has 0 atom stereocenters. The van der Waals surface area contributed by atoms with Gasteiger partial charge in [0.05, 0.1) is 6.61 Å². The normalized spacial score (nSPS) is 10.9. The molecule has 0 fully saturated rings. The second-order valence-electron chi connectivity index (χ2n) is 3.86. The largest absolute Gasteiger partial charge is 0.461 e. The molecule has 0 saturated heterocycles. The molecule has 8 heteroatoms. The van der Waals surface area contributed by atoms with Crippen LogP contribution in [0.15, 0.2) is 23.7 Å². The zero-order valence-electron chi connectivity index (χ0n) is 10.4. The number of carbonyl (C=O) groups is 1. The number of imidazole rings is 1. The van der Waals surface area contributed by atoms with Crippen molar-refractivity contribution >= 4 is 22.3 Å². The highest BCUT2D eigenvalue weighted by Crippen LogP contribution is 2.22. The second-order valence-corrected chi connectivity index (χ2v) is 4.70. The highest BCUT2D eigenvalue weighted by molar-refractivity contribution is 7.15. The monoisotopic (exact) mass is 292 g/mol. The van der Waals surface area contributed by atoms with Gasteiger partial charge in [-0.2, -0.15) is 4.39 Å². The number of carbonyl (C=O) groups excluding carboxylic acids is 1. The van der Waals surface area contributed by atoms with E-state index in [9.17, 15) is 9.18 Å². The molecule has 0 spiro atoms. The lowest BCUT2D eigenvalue weighted by Crippen LogP contribution is -2.06. The molecule has 0 aromatic carbocycles. The molecule has 3 heterocycles. The van der Waals surface area contributed by atoms with Crippen LogP contribution in [0.2, 0.25) is 0 Å². The molecule has 3 aromatic rings. The Morgan fingerprint density at radius 3 is 2.95 bits per heavy atom. The summed E-state index contributed by atoms with van der Waals surface area (Å²) in [6.45, 7) is 2.05. The van der Waals surface area contributed by atoms with E-state index in [1.54, 1.807) is 22.9 Å². The zero-order valence-corrected chi connectivity index (χ0v) is 11.2. The zero-order chi connectivity index (χ0) is 14.1. The molecule has 20 heavy (non-hydrogen) atoms. The molecule has 0 N–H and O–H groups in total. The number of thiazole rings is 1. The molecule has 3 aromatic heterocycles. The van der Waals surface area contributed by atoms with Crippen molar-refractivity contribution in [3.8, 4) is 11.4 Å². The van der Waals surface area contributed by atoms with Gasteiger partial charge in [0.15, 0.2) is 4.96 Å². The van der Waals surface area contributed by atoms with E-state index in [-0.39, 0.29) is 0 Å². The first kappa shape index (κ1) is 12.7. The van der Waals surface area contributed by atoms with Gasteiger partial charge in [0, 0.05) is 11.6 Å². The lowest BCUT2D eigenvalue weighted by Gasteiger charge is -1.98. The molecule has 0 saturated carbocycles. The van der Waals surface area contributed by atoms with Gasteiger partial charge < -0.3 is 4.74 Å². The van der Waals surface area contributed by atoms with Gasteiger partial charge in [0.25, 0.3) is 0 Å². The maximum Gasteiger partial charge on any atom is 0.356 e. The van der Waals surface area contributed by atoms with Crippen LogP contribution in [-0.2, 0) is 4.74 Å². The van der Waals surface area contributed by atoms with Crippen molar-refractivity contribution in [3.63, 3.8) is 0 Å². The standard InChI is InChI=1S/C12H9FN4O2S/c1-2-19-11(18)9-6-20-12-14-8(5-17(9)12)7-3-4-10(13)16-15-7/h3-6H,2H2,1H3. The Kier molecular flexibility index (Phi) is 3.15. The molecular formula is C12H9FN4O2S. The van der Waals surface area contributed by atoms with Crippen LogP contribution < -0.4 is 0 Å². The van der Waals surface area contributed by atoms with Gasteiger partial charge in [0.1, 0.15) is 17.1 Å². The Labute approximate surface area is 116 Å². The maximum absolute atomic E-state index is 12.7. The fraction of sp³-hybridized carbons (Fsp3) is 0.167. The fourth-order valence-electron chi connectivity index (χ4n) is 1.71. The number of ether oxygens (including phenoxy) is 1. The topological polar surface area (TPSA) is 69.4 Å². The smallest absolute Gasteiger partial charge is 0.356 e. The molecule has 0 amide bonds. The molecule has 0 aliphatic carbocycles. The van der Waals surface area contributed by atoms with E-state index in [0.717, 1.165) is 0 Å². The number of esters is 1. The van der Waals surface area contributed by atoms with E-state index in [0.29, 0.717) is 28.6 Å². The van der Waals surface area contributed by atoms with Gasteiger partial charge in [-0.15, -0.1) is 21.5 Å². The number of hydrogen-bond donors (Lipinski definition) is 0.